The van der Waals surface area contributed by atoms with E-state index in [1.165, 1.54) is 12.1 Å². The van der Waals surface area contributed by atoms with E-state index in [1.807, 2.05) is 6.07 Å². The number of rotatable bonds is 4. The number of piperazine rings is 1. The fourth-order valence-electron chi connectivity index (χ4n) is 2.18. The third kappa shape index (κ3) is 3.91. The molecule has 5 heteroatoms. The molecule has 1 aromatic rings. The minimum absolute atomic E-state index is 0.360. The van der Waals surface area contributed by atoms with Crippen molar-refractivity contribution in [2.24, 2.45) is 0 Å². The number of benzene rings is 1. The van der Waals surface area contributed by atoms with Gasteiger partial charge in [0.1, 0.15) is 11.9 Å². The lowest BCUT2D eigenvalue weighted by atomic mass is 10.2. The van der Waals surface area contributed by atoms with Crippen LogP contribution in [0.1, 0.15) is 5.56 Å². The molecule has 0 aromatic heterocycles. The van der Waals surface area contributed by atoms with E-state index in [4.69, 9.17) is 5.26 Å². The molecule has 2 rings (SSSR count). The molecule has 1 N–H and O–H groups in total. The van der Waals surface area contributed by atoms with Crippen LogP contribution in [0, 0.1) is 17.1 Å². The van der Waals surface area contributed by atoms with E-state index in [2.05, 4.69) is 22.2 Å². The number of anilines is 1. The van der Waals surface area contributed by atoms with Gasteiger partial charge in [-0.2, -0.15) is 5.26 Å². The van der Waals surface area contributed by atoms with E-state index < -0.39 is 0 Å². The van der Waals surface area contributed by atoms with Crippen LogP contribution in [0.25, 0.3) is 0 Å². The quantitative estimate of drug-likeness (QED) is 0.889. The first-order chi connectivity index (χ1) is 9.19. The summed E-state index contributed by atoms with van der Waals surface area (Å²) in [6.45, 7) is 6.06. The highest BCUT2D eigenvalue weighted by Crippen LogP contribution is 2.15. The Morgan fingerprint density at radius 3 is 2.74 bits per heavy atom. The monoisotopic (exact) mass is 262 g/mol. The van der Waals surface area contributed by atoms with E-state index in [9.17, 15) is 4.39 Å². The first kappa shape index (κ1) is 13.8. The number of halogens is 1. The van der Waals surface area contributed by atoms with Crippen LogP contribution in [0.4, 0.5) is 10.1 Å². The predicted molar refractivity (Wildman–Crippen MR) is 73.5 cm³/mol. The van der Waals surface area contributed by atoms with Gasteiger partial charge in [0.15, 0.2) is 0 Å². The van der Waals surface area contributed by atoms with Crippen molar-refractivity contribution in [2.45, 2.75) is 0 Å². The highest BCUT2D eigenvalue weighted by Gasteiger charge is 2.13. The highest BCUT2D eigenvalue weighted by molar-refractivity contribution is 5.57. The number of nitriles is 1. The van der Waals surface area contributed by atoms with E-state index in [1.54, 1.807) is 6.07 Å². The van der Waals surface area contributed by atoms with Crippen LogP contribution >= 0.6 is 0 Å². The molecule has 0 unspecified atom stereocenters. The van der Waals surface area contributed by atoms with E-state index in [0.717, 1.165) is 39.3 Å². The molecule has 1 aliphatic rings. The number of nitrogens with zero attached hydrogens (tertiary/aromatic N) is 3. The van der Waals surface area contributed by atoms with Crippen molar-refractivity contribution in [3.05, 3.63) is 29.6 Å². The summed E-state index contributed by atoms with van der Waals surface area (Å²) in [6.07, 6.45) is 0. The SMILES string of the molecule is CN1CCN(CCNc2ccc(F)cc2C#N)CC1. The molecular weight excluding hydrogens is 243 g/mol. The number of hydrogen-bond acceptors (Lipinski definition) is 4. The summed E-state index contributed by atoms with van der Waals surface area (Å²) in [4.78, 5) is 4.71. The molecule has 0 saturated carbocycles. The van der Waals surface area contributed by atoms with Crippen molar-refractivity contribution < 1.29 is 4.39 Å². The second-order valence-electron chi connectivity index (χ2n) is 4.87. The van der Waals surface area contributed by atoms with Crippen molar-refractivity contribution in [1.82, 2.24) is 9.80 Å². The van der Waals surface area contributed by atoms with Gasteiger partial charge in [-0.25, -0.2) is 4.39 Å². The molecule has 1 saturated heterocycles. The Labute approximate surface area is 113 Å². The molecule has 0 bridgehead atoms. The van der Waals surface area contributed by atoms with Gasteiger partial charge in [0.25, 0.3) is 0 Å². The fourth-order valence-corrected chi connectivity index (χ4v) is 2.18. The summed E-state index contributed by atoms with van der Waals surface area (Å²) >= 11 is 0. The summed E-state index contributed by atoms with van der Waals surface area (Å²) in [6, 6.07) is 6.27. The zero-order valence-electron chi connectivity index (χ0n) is 11.2. The summed E-state index contributed by atoms with van der Waals surface area (Å²) in [5, 5.41) is 12.2. The lowest BCUT2D eigenvalue weighted by molar-refractivity contribution is 0.158. The van der Waals surface area contributed by atoms with E-state index in [-0.39, 0.29) is 5.82 Å². The minimum Gasteiger partial charge on any atom is -0.383 e. The third-order valence-corrected chi connectivity index (χ3v) is 3.44. The van der Waals surface area contributed by atoms with Gasteiger partial charge in [-0.05, 0) is 25.2 Å². The zero-order chi connectivity index (χ0) is 13.7. The molecule has 0 atom stereocenters. The molecule has 0 radical (unpaired) electrons. The summed E-state index contributed by atoms with van der Waals surface area (Å²) < 4.78 is 13.0. The average molecular weight is 262 g/mol. The molecule has 0 aliphatic carbocycles. The van der Waals surface area contributed by atoms with Crippen LogP contribution in [0.5, 0.6) is 0 Å². The molecule has 19 heavy (non-hydrogen) atoms. The van der Waals surface area contributed by atoms with Crippen molar-refractivity contribution in [1.29, 1.82) is 5.26 Å². The molecule has 1 fully saturated rings. The number of likely N-dealkylation sites (N-methyl/N-ethyl adjacent to an activating group) is 1. The summed E-state index contributed by atoms with van der Waals surface area (Å²) in [5.41, 5.74) is 1.07. The Balaban J connectivity index is 1.81. The van der Waals surface area contributed by atoms with Gasteiger partial charge in [-0.15, -0.1) is 0 Å². The Kier molecular flexibility index (Phi) is 4.72. The Morgan fingerprint density at radius 1 is 1.32 bits per heavy atom. The summed E-state index contributed by atoms with van der Waals surface area (Å²) in [7, 11) is 2.13. The smallest absolute Gasteiger partial charge is 0.124 e. The second-order valence-corrected chi connectivity index (χ2v) is 4.87. The molecule has 0 amide bonds. The molecule has 1 aromatic carbocycles. The zero-order valence-corrected chi connectivity index (χ0v) is 11.2. The van der Waals surface area contributed by atoms with Crippen molar-refractivity contribution in [3.8, 4) is 6.07 Å². The maximum Gasteiger partial charge on any atom is 0.124 e. The van der Waals surface area contributed by atoms with Gasteiger partial charge in [0.2, 0.25) is 0 Å². The second kappa shape index (κ2) is 6.50. The minimum atomic E-state index is -0.374. The molecule has 1 heterocycles. The average Bonchev–Trinajstić information content (AvgIpc) is 2.42. The summed E-state index contributed by atoms with van der Waals surface area (Å²) in [5.74, 6) is -0.374. The van der Waals surface area contributed by atoms with Crippen LogP contribution in [0.2, 0.25) is 0 Å². The van der Waals surface area contributed by atoms with Crippen LogP contribution in [0.3, 0.4) is 0 Å². The molecule has 4 nitrogen and oxygen atoms in total. The van der Waals surface area contributed by atoms with Crippen LogP contribution in [-0.4, -0.2) is 56.1 Å². The molecule has 1 aliphatic heterocycles. The van der Waals surface area contributed by atoms with Gasteiger partial charge in [-0.3, -0.25) is 4.90 Å². The molecule has 0 spiro atoms. The first-order valence-electron chi connectivity index (χ1n) is 6.53. The first-order valence-corrected chi connectivity index (χ1v) is 6.53. The maximum atomic E-state index is 13.0. The third-order valence-electron chi connectivity index (χ3n) is 3.44. The van der Waals surface area contributed by atoms with Crippen molar-refractivity contribution >= 4 is 5.69 Å². The van der Waals surface area contributed by atoms with Crippen LogP contribution < -0.4 is 5.32 Å². The largest absolute Gasteiger partial charge is 0.383 e. The van der Waals surface area contributed by atoms with E-state index >= 15 is 0 Å². The number of hydrogen-bond donors (Lipinski definition) is 1. The van der Waals surface area contributed by atoms with Gasteiger partial charge in [-0.1, -0.05) is 0 Å². The topological polar surface area (TPSA) is 42.3 Å². The van der Waals surface area contributed by atoms with Gasteiger partial charge >= 0.3 is 0 Å². The lowest BCUT2D eigenvalue weighted by Crippen LogP contribution is -2.45. The Morgan fingerprint density at radius 2 is 2.05 bits per heavy atom. The van der Waals surface area contributed by atoms with Gasteiger partial charge in [0, 0.05) is 39.3 Å². The lowest BCUT2D eigenvalue weighted by Gasteiger charge is -2.32. The normalized spacial score (nSPS) is 17.1. The maximum absolute atomic E-state index is 13.0. The van der Waals surface area contributed by atoms with E-state index in [0.29, 0.717) is 11.3 Å². The van der Waals surface area contributed by atoms with Gasteiger partial charge < -0.3 is 10.2 Å². The Bertz CT molecular complexity index is 461. The Hall–Kier alpha value is -1.64. The number of nitrogens with one attached hydrogen (secondary N) is 1. The van der Waals surface area contributed by atoms with Crippen molar-refractivity contribution in [2.75, 3.05) is 51.6 Å². The molecule has 102 valence electrons. The standard InChI is InChI=1S/C14H19FN4/c1-18-6-8-19(9-7-18)5-4-17-14-3-2-13(15)10-12(14)11-16/h2-3,10,17H,4-9H2,1H3. The fraction of sp³-hybridized carbons (Fsp3) is 0.500. The predicted octanol–water partition coefficient (Wildman–Crippen LogP) is 1.36. The molecular formula is C14H19FN4. The van der Waals surface area contributed by atoms with Gasteiger partial charge in [0.05, 0.1) is 11.3 Å². The van der Waals surface area contributed by atoms with Crippen LogP contribution in [0.15, 0.2) is 18.2 Å². The van der Waals surface area contributed by atoms with Crippen LogP contribution in [-0.2, 0) is 0 Å². The van der Waals surface area contributed by atoms with Crippen molar-refractivity contribution in [3.63, 3.8) is 0 Å². The highest BCUT2D eigenvalue weighted by atomic mass is 19.1.